The Morgan fingerprint density at radius 1 is 1.61 bits per heavy atom. The van der Waals surface area contributed by atoms with Gasteiger partial charge in [0.1, 0.15) is 5.69 Å². The maximum atomic E-state index is 12.1. The van der Waals surface area contributed by atoms with Gasteiger partial charge in [-0.15, -0.1) is 11.3 Å². The predicted molar refractivity (Wildman–Crippen MR) is 67.4 cm³/mol. The van der Waals surface area contributed by atoms with Crippen molar-refractivity contribution in [2.24, 2.45) is 5.92 Å². The molecule has 0 radical (unpaired) electrons. The van der Waals surface area contributed by atoms with E-state index in [2.05, 4.69) is 4.98 Å². The number of hydrogen-bond donors (Lipinski definition) is 0. The third kappa shape index (κ3) is 2.87. The van der Waals surface area contributed by atoms with Gasteiger partial charge in [-0.2, -0.15) is 0 Å². The largest absolute Gasteiger partial charge is 0.466 e. The summed E-state index contributed by atoms with van der Waals surface area (Å²) in [6, 6.07) is 0. The molecule has 2 rings (SSSR count). The summed E-state index contributed by atoms with van der Waals surface area (Å²) in [7, 11) is 0. The summed E-state index contributed by atoms with van der Waals surface area (Å²) >= 11 is 1.40. The fraction of sp³-hybridized carbons (Fsp3) is 0.583. The lowest BCUT2D eigenvalue weighted by molar-refractivity contribution is -0.149. The highest BCUT2D eigenvalue weighted by atomic mass is 32.1. The van der Waals surface area contributed by atoms with Crippen LogP contribution in [-0.4, -0.2) is 41.5 Å². The first-order chi connectivity index (χ1) is 8.72. The van der Waals surface area contributed by atoms with E-state index in [0.717, 1.165) is 12.8 Å². The van der Waals surface area contributed by atoms with Gasteiger partial charge >= 0.3 is 5.97 Å². The molecule has 0 spiro atoms. The van der Waals surface area contributed by atoms with Crippen molar-refractivity contribution < 1.29 is 14.3 Å². The van der Waals surface area contributed by atoms with Gasteiger partial charge in [0.15, 0.2) is 0 Å². The van der Waals surface area contributed by atoms with Gasteiger partial charge in [-0.25, -0.2) is 4.98 Å². The number of hydrogen-bond acceptors (Lipinski definition) is 5. The molecule has 1 fully saturated rings. The highest BCUT2D eigenvalue weighted by molar-refractivity contribution is 7.07. The zero-order chi connectivity index (χ0) is 13.0. The minimum Gasteiger partial charge on any atom is -0.466 e. The smallest absolute Gasteiger partial charge is 0.310 e. The van der Waals surface area contributed by atoms with E-state index >= 15 is 0 Å². The van der Waals surface area contributed by atoms with Crippen LogP contribution in [0.2, 0.25) is 0 Å². The van der Waals surface area contributed by atoms with Gasteiger partial charge in [-0.1, -0.05) is 0 Å². The Labute approximate surface area is 110 Å². The highest BCUT2D eigenvalue weighted by Crippen LogP contribution is 2.19. The number of thiazole rings is 1. The van der Waals surface area contributed by atoms with E-state index < -0.39 is 0 Å². The summed E-state index contributed by atoms with van der Waals surface area (Å²) < 4.78 is 5.01. The normalized spacial score (nSPS) is 19.6. The molecule has 1 amide bonds. The van der Waals surface area contributed by atoms with Crippen molar-refractivity contribution in [1.29, 1.82) is 0 Å². The number of esters is 1. The highest BCUT2D eigenvalue weighted by Gasteiger charge is 2.30. The van der Waals surface area contributed by atoms with Crippen LogP contribution >= 0.6 is 11.3 Å². The van der Waals surface area contributed by atoms with Crippen molar-refractivity contribution in [2.45, 2.75) is 19.8 Å². The number of carbonyl (C=O) groups excluding carboxylic acids is 2. The molecule has 0 unspecified atom stereocenters. The molecule has 0 N–H and O–H groups in total. The number of rotatable bonds is 3. The summed E-state index contributed by atoms with van der Waals surface area (Å²) in [5, 5.41) is 1.73. The number of nitrogens with zero attached hydrogens (tertiary/aromatic N) is 2. The number of likely N-dealkylation sites (tertiary alicyclic amines) is 1. The molecule has 1 aromatic rings. The number of ether oxygens (including phenoxy) is 1. The molecule has 1 aromatic heterocycles. The van der Waals surface area contributed by atoms with E-state index in [0.29, 0.717) is 25.4 Å². The van der Waals surface area contributed by atoms with Crippen molar-refractivity contribution >= 4 is 23.2 Å². The van der Waals surface area contributed by atoms with E-state index in [-0.39, 0.29) is 17.8 Å². The van der Waals surface area contributed by atoms with Gasteiger partial charge in [0, 0.05) is 18.5 Å². The lowest BCUT2D eigenvalue weighted by atomic mass is 9.98. The number of piperidine rings is 1. The molecule has 0 saturated carbocycles. The van der Waals surface area contributed by atoms with Crippen molar-refractivity contribution in [1.82, 2.24) is 9.88 Å². The van der Waals surface area contributed by atoms with Gasteiger partial charge in [-0.3, -0.25) is 9.59 Å². The Balaban J connectivity index is 1.98. The van der Waals surface area contributed by atoms with Crippen LogP contribution in [0.5, 0.6) is 0 Å². The Bertz CT molecular complexity index is 419. The third-order valence-corrected chi connectivity index (χ3v) is 3.57. The number of aromatic nitrogens is 1. The molecule has 0 aliphatic carbocycles. The van der Waals surface area contributed by atoms with Crippen LogP contribution in [0.1, 0.15) is 30.3 Å². The quantitative estimate of drug-likeness (QED) is 0.781. The summed E-state index contributed by atoms with van der Waals surface area (Å²) in [6.45, 7) is 3.30. The zero-order valence-corrected chi connectivity index (χ0v) is 11.1. The predicted octanol–water partition coefficient (Wildman–Crippen LogP) is 1.56. The van der Waals surface area contributed by atoms with E-state index in [1.54, 1.807) is 22.7 Å². The second-order valence-electron chi connectivity index (χ2n) is 4.22. The van der Waals surface area contributed by atoms with Gasteiger partial charge in [-0.05, 0) is 19.8 Å². The van der Waals surface area contributed by atoms with Crippen LogP contribution < -0.4 is 0 Å². The fourth-order valence-corrected chi connectivity index (χ4v) is 2.62. The molecule has 6 heteroatoms. The first-order valence-corrected chi connectivity index (χ1v) is 7.00. The fourth-order valence-electron chi connectivity index (χ4n) is 2.09. The molecule has 5 nitrogen and oxygen atoms in total. The third-order valence-electron chi connectivity index (χ3n) is 2.98. The lowest BCUT2D eigenvalue weighted by Crippen LogP contribution is -2.42. The molecule has 98 valence electrons. The first kappa shape index (κ1) is 13.0. The van der Waals surface area contributed by atoms with E-state index in [1.807, 2.05) is 0 Å². The summed E-state index contributed by atoms with van der Waals surface area (Å²) in [5.74, 6) is -0.486. The molecule has 18 heavy (non-hydrogen) atoms. The summed E-state index contributed by atoms with van der Waals surface area (Å²) in [4.78, 5) is 29.5. The first-order valence-electron chi connectivity index (χ1n) is 6.06. The maximum absolute atomic E-state index is 12.1. The van der Waals surface area contributed by atoms with Gasteiger partial charge < -0.3 is 9.64 Å². The van der Waals surface area contributed by atoms with E-state index in [4.69, 9.17) is 4.74 Å². The molecule has 1 aliphatic heterocycles. The Hall–Kier alpha value is -1.43. The van der Waals surface area contributed by atoms with Gasteiger partial charge in [0.05, 0.1) is 18.0 Å². The molecule has 0 bridgehead atoms. The summed E-state index contributed by atoms with van der Waals surface area (Å²) in [5.41, 5.74) is 2.10. The zero-order valence-electron chi connectivity index (χ0n) is 10.3. The van der Waals surface area contributed by atoms with Crippen LogP contribution in [0.3, 0.4) is 0 Å². The molecular weight excluding hydrogens is 252 g/mol. The topological polar surface area (TPSA) is 59.5 Å². The van der Waals surface area contributed by atoms with Gasteiger partial charge in [0.25, 0.3) is 5.91 Å². The average molecular weight is 268 g/mol. The van der Waals surface area contributed by atoms with Crippen molar-refractivity contribution in [3.8, 4) is 0 Å². The molecule has 1 aliphatic rings. The Morgan fingerprint density at radius 3 is 3.11 bits per heavy atom. The Morgan fingerprint density at radius 2 is 2.44 bits per heavy atom. The molecule has 2 heterocycles. The average Bonchev–Trinajstić information content (AvgIpc) is 2.92. The molecule has 0 aromatic carbocycles. The minimum atomic E-state index is -0.201. The molecular formula is C12H16N2O3S. The van der Waals surface area contributed by atoms with Crippen LogP contribution in [0.25, 0.3) is 0 Å². The van der Waals surface area contributed by atoms with Crippen molar-refractivity contribution in [3.63, 3.8) is 0 Å². The van der Waals surface area contributed by atoms with E-state index in [1.165, 1.54) is 11.3 Å². The maximum Gasteiger partial charge on any atom is 0.310 e. The van der Waals surface area contributed by atoms with E-state index in [9.17, 15) is 9.59 Å². The number of carbonyl (C=O) groups is 2. The Kier molecular flexibility index (Phi) is 4.30. The van der Waals surface area contributed by atoms with Crippen molar-refractivity contribution in [2.75, 3.05) is 19.7 Å². The lowest BCUT2D eigenvalue weighted by Gasteiger charge is -2.31. The van der Waals surface area contributed by atoms with Crippen LogP contribution in [-0.2, 0) is 9.53 Å². The standard InChI is InChI=1S/C12H16N2O3S/c1-2-17-12(16)9-4-3-5-14(6-9)11(15)10-7-18-8-13-10/h7-9H,2-6H2,1H3/t9-/m1/s1. The second kappa shape index (κ2) is 5.95. The van der Waals surface area contributed by atoms with Crippen LogP contribution in [0.15, 0.2) is 10.9 Å². The minimum absolute atomic E-state index is 0.0924. The van der Waals surface area contributed by atoms with Crippen molar-refractivity contribution in [3.05, 3.63) is 16.6 Å². The van der Waals surface area contributed by atoms with Crippen LogP contribution in [0.4, 0.5) is 0 Å². The molecule has 1 saturated heterocycles. The second-order valence-corrected chi connectivity index (χ2v) is 4.93. The monoisotopic (exact) mass is 268 g/mol. The summed E-state index contributed by atoms with van der Waals surface area (Å²) in [6.07, 6.45) is 1.62. The van der Waals surface area contributed by atoms with Gasteiger partial charge in [0.2, 0.25) is 0 Å². The molecule has 1 atom stereocenters. The number of amides is 1. The SMILES string of the molecule is CCOC(=O)[C@@H]1CCCN(C(=O)c2cscn2)C1. The van der Waals surface area contributed by atoms with Crippen LogP contribution in [0, 0.1) is 5.92 Å².